The number of hydrogen-bond donors (Lipinski definition) is 1. The Morgan fingerprint density at radius 3 is 2.36 bits per heavy atom. The van der Waals surface area contributed by atoms with Crippen LogP contribution in [0.3, 0.4) is 0 Å². The van der Waals surface area contributed by atoms with Gasteiger partial charge in [-0.3, -0.25) is 0 Å². The van der Waals surface area contributed by atoms with Crippen LogP contribution < -0.4 is 0 Å². The van der Waals surface area contributed by atoms with Crippen molar-refractivity contribution in [2.75, 3.05) is 0 Å². The van der Waals surface area contributed by atoms with E-state index in [2.05, 4.69) is 0 Å². The predicted molar refractivity (Wildman–Crippen MR) is 54.1 cm³/mol. The maximum absolute atomic E-state index is 12.9. The van der Waals surface area contributed by atoms with Crippen LogP contribution in [0.1, 0.15) is 36.7 Å². The molecule has 1 aromatic carbocycles. The van der Waals surface area contributed by atoms with Crippen molar-refractivity contribution in [2.24, 2.45) is 0 Å². The lowest BCUT2D eigenvalue weighted by molar-refractivity contribution is 0.0690. The maximum Gasteiger partial charge on any atom is 0.338 e. The van der Waals surface area contributed by atoms with Crippen LogP contribution in [0.25, 0.3) is 0 Å². The number of aromatic carboxylic acids is 1. The summed E-state index contributed by atoms with van der Waals surface area (Å²) in [6, 6.07) is 4.29. The topological polar surface area (TPSA) is 37.3 Å². The standard InChI is InChI=1S/C9H9FO2.C2H6/c1-2-6-4-3-5-7(10)8(6)9(11)12;1-2/h3-5H,2H2,1H3,(H,11,12);1-2H3. The van der Waals surface area contributed by atoms with Crippen LogP contribution in [0.15, 0.2) is 18.2 Å². The van der Waals surface area contributed by atoms with Crippen molar-refractivity contribution in [1.82, 2.24) is 0 Å². The zero-order valence-electron chi connectivity index (χ0n) is 8.67. The lowest BCUT2D eigenvalue weighted by atomic mass is 10.1. The molecule has 1 N–H and O–H groups in total. The number of aryl methyl sites for hydroxylation is 1. The van der Waals surface area contributed by atoms with Crippen molar-refractivity contribution in [1.29, 1.82) is 0 Å². The van der Waals surface area contributed by atoms with Crippen LogP contribution in [-0.2, 0) is 6.42 Å². The lowest BCUT2D eigenvalue weighted by Gasteiger charge is -2.02. The minimum Gasteiger partial charge on any atom is -0.478 e. The van der Waals surface area contributed by atoms with Gasteiger partial charge in [-0.25, -0.2) is 9.18 Å². The van der Waals surface area contributed by atoms with E-state index in [0.29, 0.717) is 12.0 Å². The highest BCUT2D eigenvalue weighted by atomic mass is 19.1. The van der Waals surface area contributed by atoms with Crippen LogP contribution in [-0.4, -0.2) is 11.1 Å². The minimum atomic E-state index is -1.20. The zero-order valence-corrected chi connectivity index (χ0v) is 8.67. The third-order valence-electron chi connectivity index (χ3n) is 1.69. The second-order valence-electron chi connectivity index (χ2n) is 2.43. The molecule has 0 amide bonds. The van der Waals surface area contributed by atoms with E-state index in [9.17, 15) is 9.18 Å². The molecule has 0 atom stereocenters. The molecule has 0 aliphatic rings. The number of hydrogen-bond acceptors (Lipinski definition) is 1. The van der Waals surface area contributed by atoms with Crippen LogP contribution in [0, 0.1) is 5.82 Å². The molecule has 0 fully saturated rings. The molecule has 0 aliphatic carbocycles. The first-order valence-electron chi connectivity index (χ1n) is 4.67. The molecule has 3 heteroatoms. The third kappa shape index (κ3) is 2.83. The molecule has 2 nitrogen and oxygen atoms in total. The van der Waals surface area contributed by atoms with Gasteiger partial charge in [-0.05, 0) is 18.1 Å². The quantitative estimate of drug-likeness (QED) is 0.792. The summed E-state index contributed by atoms with van der Waals surface area (Å²) in [5.74, 6) is -1.87. The van der Waals surface area contributed by atoms with Crippen molar-refractivity contribution < 1.29 is 14.3 Å². The van der Waals surface area contributed by atoms with Gasteiger partial charge >= 0.3 is 5.97 Å². The van der Waals surface area contributed by atoms with E-state index in [4.69, 9.17) is 5.11 Å². The Morgan fingerprint density at radius 2 is 2.00 bits per heavy atom. The number of benzene rings is 1. The van der Waals surface area contributed by atoms with E-state index in [1.165, 1.54) is 6.07 Å². The van der Waals surface area contributed by atoms with Gasteiger partial charge in [-0.15, -0.1) is 0 Å². The lowest BCUT2D eigenvalue weighted by Crippen LogP contribution is -2.04. The largest absolute Gasteiger partial charge is 0.478 e. The molecule has 1 aromatic rings. The summed E-state index contributed by atoms with van der Waals surface area (Å²) in [7, 11) is 0. The number of carbonyl (C=O) groups is 1. The highest BCUT2D eigenvalue weighted by Crippen LogP contribution is 2.13. The van der Waals surface area contributed by atoms with Gasteiger partial charge in [-0.1, -0.05) is 32.9 Å². The SMILES string of the molecule is CC.CCc1cccc(F)c1C(=O)O. The van der Waals surface area contributed by atoms with Crippen molar-refractivity contribution in [3.8, 4) is 0 Å². The van der Waals surface area contributed by atoms with Crippen LogP contribution in [0.5, 0.6) is 0 Å². The average Bonchev–Trinajstić information content (AvgIpc) is 2.19. The fraction of sp³-hybridized carbons (Fsp3) is 0.364. The Balaban J connectivity index is 0.000000791. The van der Waals surface area contributed by atoms with Gasteiger partial charge in [0.2, 0.25) is 0 Å². The maximum atomic E-state index is 12.9. The van der Waals surface area contributed by atoms with E-state index in [0.717, 1.165) is 6.07 Å². The van der Waals surface area contributed by atoms with E-state index < -0.39 is 11.8 Å². The molecule has 78 valence electrons. The van der Waals surface area contributed by atoms with Crippen LogP contribution >= 0.6 is 0 Å². The molecule has 0 saturated heterocycles. The second kappa shape index (κ2) is 6.13. The van der Waals surface area contributed by atoms with Gasteiger partial charge in [0.25, 0.3) is 0 Å². The molecule has 14 heavy (non-hydrogen) atoms. The highest BCUT2D eigenvalue weighted by molar-refractivity contribution is 5.89. The molecule has 0 spiro atoms. The number of carboxylic acid groups (broad SMARTS) is 1. The second-order valence-corrected chi connectivity index (χ2v) is 2.43. The smallest absolute Gasteiger partial charge is 0.338 e. The number of rotatable bonds is 2. The van der Waals surface area contributed by atoms with Crippen molar-refractivity contribution in [3.05, 3.63) is 35.1 Å². The Bertz CT molecular complexity index is 308. The van der Waals surface area contributed by atoms with Gasteiger partial charge in [0, 0.05) is 0 Å². The van der Waals surface area contributed by atoms with Crippen molar-refractivity contribution >= 4 is 5.97 Å². The number of carboxylic acids is 1. The van der Waals surface area contributed by atoms with Crippen LogP contribution in [0.4, 0.5) is 4.39 Å². The van der Waals surface area contributed by atoms with Gasteiger partial charge in [0.15, 0.2) is 0 Å². The molecular weight excluding hydrogens is 183 g/mol. The van der Waals surface area contributed by atoms with Crippen LogP contribution in [0.2, 0.25) is 0 Å². The molecule has 0 saturated carbocycles. The normalized spacial score (nSPS) is 8.86. The van der Waals surface area contributed by atoms with Gasteiger partial charge in [0.05, 0.1) is 5.56 Å². The summed E-state index contributed by atoms with van der Waals surface area (Å²) in [4.78, 5) is 10.6. The molecule has 0 aliphatic heterocycles. The molecule has 0 bridgehead atoms. The third-order valence-corrected chi connectivity index (χ3v) is 1.69. The van der Waals surface area contributed by atoms with Gasteiger partial charge < -0.3 is 5.11 Å². The Hall–Kier alpha value is -1.38. The van der Waals surface area contributed by atoms with Crippen molar-refractivity contribution in [3.63, 3.8) is 0 Å². The monoisotopic (exact) mass is 198 g/mol. The highest BCUT2D eigenvalue weighted by Gasteiger charge is 2.13. The summed E-state index contributed by atoms with van der Waals surface area (Å²) in [5, 5.41) is 8.64. The van der Waals surface area contributed by atoms with E-state index in [1.54, 1.807) is 13.0 Å². The number of halogens is 1. The molecule has 0 radical (unpaired) electrons. The summed E-state index contributed by atoms with van der Waals surface area (Å²) in [6.45, 7) is 5.79. The molecular formula is C11H15FO2. The first-order chi connectivity index (χ1) is 6.66. The predicted octanol–water partition coefficient (Wildman–Crippen LogP) is 3.11. The van der Waals surface area contributed by atoms with Gasteiger partial charge in [0.1, 0.15) is 5.82 Å². The Morgan fingerprint density at radius 1 is 1.43 bits per heavy atom. The fourth-order valence-corrected chi connectivity index (χ4v) is 1.10. The first-order valence-corrected chi connectivity index (χ1v) is 4.67. The summed E-state index contributed by atoms with van der Waals surface area (Å²) >= 11 is 0. The molecule has 1 rings (SSSR count). The molecule has 0 heterocycles. The Labute approximate surface area is 83.4 Å². The molecule has 0 aromatic heterocycles. The summed E-state index contributed by atoms with van der Waals surface area (Å²) in [6.07, 6.45) is 0.527. The van der Waals surface area contributed by atoms with E-state index in [1.807, 2.05) is 13.8 Å². The average molecular weight is 198 g/mol. The fourth-order valence-electron chi connectivity index (χ4n) is 1.10. The van der Waals surface area contributed by atoms with E-state index in [-0.39, 0.29) is 5.56 Å². The van der Waals surface area contributed by atoms with Crippen molar-refractivity contribution in [2.45, 2.75) is 27.2 Å². The first kappa shape index (κ1) is 12.6. The minimum absolute atomic E-state index is 0.208. The van der Waals surface area contributed by atoms with Gasteiger partial charge in [-0.2, -0.15) is 0 Å². The summed E-state index contributed by atoms with van der Waals surface area (Å²) < 4.78 is 12.9. The zero-order chi connectivity index (χ0) is 11.1. The Kier molecular flexibility index (Phi) is 5.53. The summed E-state index contributed by atoms with van der Waals surface area (Å²) in [5.41, 5.74) is 0.322. The van der Waals surface area contributed by atoms with E-state index >= 15 is 0 Å². The molecule has 0 unspecified atom stereocenters.